The molecule has 0 saturated carbocycles. The molecule has 1 aromatic carbocycles. The monoisotopic (exact) mass is 510 g/mol. The summed E-state index contributed by atoms with van der Waals surface area (Å²) in [5.74, 6) is 1.02. The van der Waals surface area contributed by atoms with E-state index in [9.17, 15) is 4.79 Å². The van der Waals surface area contributed by atoms with Gasteiger partial charge in [0.1, 0.15) is 0 Å². The highest BCUT2D eigenvalue weighted by molar-refractivity contribution is 7.99. The van der Waals surface area contributed by atoms with Crippen molar-refractivity contribution in [3.63, 3.8) is 0 Å². The van der Waals surface area contributed by atoms with Gasteiger partial charge in [0.2, 0.25) is 5.91 Å². The lowest BCUT2D eigenvalue weighted by atomic mass is 10.0. The van der Waals surface area contributed by atoms with Crippen molar-refractivity contribution >= 4 is 30.1 Å². The van der Waals surface area contributed by atoms with Crippen LogP contribution in [0.1, 0.15) is 127 Å². The van der Waals surface area contributed by atoms with Crippen molar-refractivity contribution in [3.8, 4) is 0 Å². The Hall–Kier alpha value is -0.710. The molecule has 34 heavy (non-hydrogen) atoms. The maximum absolute atomic E-state index is 12.4. The molecule has 196 valence electrons. The first-order valence-electron chi connectivity index (χ1n) is 14.0. The first-order valence-corrected chi connectivity index (χ1v) is 15.1. The van der Waals surface area contributed by atoms with Gasteiger partial charge in [-0.15, -0.1) is 24.2 Å². The summed E-state index contributed by atoms with van der Waals surface area (Å²) < 4.78 is 0. The number of unbranched alkanes of at least 4 members (excludes halogenated alkanes) is 16. The van der Waals surface area contributed by atoms with Crippen molar-refractivity contribution in [1.29, 1.82) is 0 Å². The molecule has 1 unspecified atom stereocenters. The summed E-state index contributed by atoms with van der Waals surface area (Å²) in [5, 5.41) is 6.84. The lowest BCUT2D eigenvalue weighted by Crippen LogP contribution is -2.42. The fraction of sp³-hybridized carbons (Fsp3) is 0.759. The van der Waals surface area contributed by atoms with Crippen LogP contribution in [0.25, 0.3) is 0 Å². The van der Waals surface area contributed by atoms with Gasteiger partial charge in [0.25, 0.3) is 0 Å². The van der Waals surface area contributed by atoms with Crippen molar-refractivity contribution in [2.75, 3.05) is 12.3 Å². The number of hydrogen-bond acceptors (Lipinski definition) is 3. The SMILES string of the molecule is CCCCCCCCCCCCCCCCCCCNC(=O)[C@@H]1CSC(c2ccccc2)N1.Cl. The van der Waals surface area contributed by atoms with Gasteiger partial charge in [-0.2, -0.15) is 0 Å². The molecule has 1 aromatic rings. The summed E-state index contributed by atoms with van der Waals surface area (Å²) >= 11 is 1.83. The molecule has 1 aliphatic heterocycles. The number of thioether (sulfide) groups is 1. The average Bonchev–Trinajstić information content (AvgIpc) is 3.34. The summed E-state index contributed by atoms with van der Waals surface area (Å²) in [6.07, 6.45) is 23.5. The number of hydrogen-bond donors (Lipinski definition) is 2. The summed E-state index contributed by atoms with van der Waals surface area (Å²) in [4.78, 5) is 12.4. The topological polar surface area (TPSA) is 41.1 Å². The number of halogens is 1. The Labute approximate surface area is 220 Å². The van der Waals surface area contributed by atoms with E-state index >= 15 is 0 Å². The number of nitrogens with one attached hydrogen (secondary N) is 2. The van der Waals surface area contributed by atoms with Crippen LogP contribution in [0.15, 0.2) is 30.3 Å². The van der Waals surface area contributed by atoms with Crippen LogP contribution in [0.4, 0.5) is 0 Å². The van der Waals surface area contributed by atoms with Gasteiger partial charge in [0, 0.05) is 12.3 Å². The second-order valence-electron chi connectivity index (χ2n) is 9.79. The Morgan fingerprint density at radius 2 is 1.26 bits per heavy atom. The molecule has 1 fully saturated rings. The normalized spacial score (nSPS) is 17.4. The first kappa shape index (κ1) is 31.3. The van der Waals surface area contributed by atoms with Crippen molar-refractivity contribution < 1.29 is 4.79 Å². The van der Waals surface area contributed by atoms with E-state index in [2.05, 4.69) is 41.8 Å². The van der Waals surface area contributed by atoms with Gasteiger partial charge in [0.15, 0.2) is 0 Å². The third kappa shape index (κ3) is 14.6. The molecule has 2 atom stereocenters. The van der Waals surface area contributed by atoms with E-state index in [4.69, 9.17) is 0 Å². The zero-order valence-electron chi connectivity index (χ0n) is 21.7. The summed E-state index contributed by atoms with van der Waals surface area (Å²) in [6, 6.07) is 10.3. The van der Waals surface area contributed by atoms with Crippen LogP contribution < -0.4 is 10.6 Å². The highest BCUT2D eigenvalue weighted by atomic mass is 35.5. The van der Waals surface area contributed by atoms with Crippen LogP contribution in [0, 0.1) is 0 Å². The number of carbonyl (C=O) groups excluding carboxylic acids is 1. The Bertz CT molecular complexity index is 601. The third-order valence-corrected chi connectivity index (χ3v) is 8.05. The summed E-state index contributed by atoms with van der Waals surface area (Å²) in [7, 11) is 0. The fourth-order valence-electron chi connectivity index (χ4n) is 4.63. The van der Waals surface area contributed by atoms with E-state index in [-0.39, 0.29) is 29.7 Å². The molecule has 1 saturated heterocycles. The highest BCUT2D eigenvalue weighted by Gasteiger charge is 2.30. The lowest BCUT2D eigenvalue weighted by Gasteiger charge is -2.13. The molecule has 2 rings (SSSR count). The van der Waals surface area contributed by atoms with Crippen LogP contribution >= 0.6 is 24.2 Å². The van der Waals surface area contributed by atoms with Gasteiger partial charge in [-0.25, -0.2) is 0 Å². The predicted octanol–water partition coefficient (Wildman–Crippen LogP) is 8.58. The van der Waals surface area contributed by atoms with Gasteiger partial charge in [-0.05, 0) is 12.0 Å². The van der Waals surface area contributed by atoms with Gasteiger partial charge in [-0.3, -0.25) is 10.1 Å². The molecule has 1 aliphatic rings. The predicted molar refractivity (Wildman–Crippen MR) is 153 cm³/mol. The van der Waals surface area contributed by atoms with Crippen LogP contribution in [0.2, 0.25) is 0 Å². The van der Waals surface area contributed by atoms with Crippen molar-refractivity contribution in [3.05, 3.63) is 35.9 Å². The van der Waals surface area contributed by atoms with Crippen LogP contribution in [-0.4, -0.2) is 24.2 Å². The average molecular weight is 511 g/mol. The van der Waals surface area contributed by atoms with Gasteiger partial charge in [0.05, 0.1) is 11.4 Å². The van der Waals surface area contributed by atoms with Gasteiger partial charge >= 0.3 is 0 Å². The summed E-state index contributed by atoms with van der Waals surface area (Å²) in [6.45, 7) is 3.11. The molecule has 5 heteroatoms. The largest absolute Gasteiger partial charge is 0.355 e. The molecule has 3 nitrogen and oxygen atoms in total. The van der Waals surface area contributed by atoms with E-state index in [0.29, 0.717) is 0 Å². The van der Waals surface area contributed by atoms with Gasteiger partial charge in [-0.1, -0.05) is 140 Å². The van der Waals surface area contributed by atoms with E-state index in [1.165, 1.54) is 108 Å². The minimum atomic E-state index is -0.0639. The smallest absolute Gasteiger partial charge is 0.238 e. The first-order chi connectivity index (χ1) is 16.3. The summed E-state index contributed by atoms with van der Waals surface area (Å²) in [5.41, 5.74) is 1.26. The van der Waals surface area contributed by atoms with E-state index in [0.717, 1.165) is 18.7 Å². The lowest BCUT2D eigenvalue weighted by molar-refractivity contribution is -0.122. The second kappa shape index (κ2) is 21.6. The van der Waals surface area contributed by atoms with E-state index in [1.54, 1.807) is 0 Å². The molecule has 1 amide bonds. The number of carbonyl (C=O) groups is 1. The Kier molecular flexibility index (Phi) is 19.9. The fourth-order valence-corrected chi connectivity index (χ4v) is 5.87. The Balaban J connectivity index is 0.00000578. The standard InChI is InChI=1S/C29H50N2OS.ClH/c1-2-3-4-5-6-7-8-9-10-11-12-13-14-15-16-17-21-24-30-28(32)27-25-33-29(31-27)26-22-19-18-20-23-26;/h18-20,22-23,27,29,31H,2-17,21,24-25H2,1H3,(H,30,32);1H/t27-,29?;/m0./s1. The Morgan fingerprint density at radius 1 is 0.794 bits per heavy atom. The van der Waals surface area contributed by atoms with E-state index in [1.807, 2.05) is 17.8 Å². The molecule has 1 heterocycles. The highest BCUT2D eigenvalue weighted by Crippen LogP contribution is 2.32. The van der Waals surface area contributed by atoms with Crippen molar-refractivity contribution in [2.45, 2.75) is 127 Å². The molecule has 0 radical (unpaired) electrons. The molecule has 0 bridgehead atoms. The number of benzene rings is 1. The van der Waals surface area contributed by atoms with Crippen molar-refractivity contribution in [2.24, 2.45) is 0 Å². The van der Waals surface area contributed by atoms with Crippen molar-refractivity contribution in [1.82, 2.24) is 10.6 Å². The molecule has 0 aliphatic carbocycles. The van der Waals surface area contributed by atoms with Crippen LogP contribution in [0.3, 0.4) is 0 Å². The molecular weight excluding hydrogens is 460 g/mol. The van der Waals surface area contributed by atoms with Gasteiger partial charge < -0.3 is 5.32 Å². The molecular formula is C29H51ClN2OS. The third-order valence-electron chi connectivity index (χ3n) is 6.78. The number of rotatable bonds is 20. The molecule has 0 aromatic heterocycles. The maximum atomic E-state index is 12.4. The van der Waals surface area contributed by atoms with Crippen LogP contribution in [0.5, 0.6) is 0 Å². The zero-order chi connectivity index (χ0) is 23.4. The minimum Gasteiger partial charge on any atom is -0.355 e. The Morgan fingerprint density at radius 3 is 1.76 bits per heavy atom. The molecule has 0 spiro atoms. The second-order valence-corrected chi connectivity index (χ2v) is 10.9. The quantitative estimate of drug-likeness (QED) is 0.172. The minimum absolute atomic E-state index is 0. The molecule has 2 N–H and O–H groups in total. The maximum Gasteiger partial charge on any atom is 0.238 e. The zero-order valence-corrected chi connectivity index (χ0v) is 23.3. The van der Waals surface area contributed by atoms with E-state index < -0.39 is 0 Å². The number of amides is 1. The van der Waals surface area contributed by atoms with Crippen LogP contribution in [-0.2, 0) is 4.79 Å².